The Morgan fingerprint density at radius 1 is 0.800 bits per heavy atom. The largest absolute Gasteiger partial charge is 0.391 e. The van der Waals surface area contributed by atoms with Crippen LogP contribution in [0, 0.1) is 0 Å². The van der Waals surface area contributed by atoms with Gasteiger partial charge in [-0.1, -0.05) is 6.58 Å². The maximum atomic E-state index is 14.1. The molecule has 0 bridgehead atoms. The molecular weight excluding hydrogens is 913 g/mol. The number of aliphatic imine (C=N–C) groups is 1. The van der Waals surface area contributed by atoms with Gasteiger partial charge in [0.25, 0.3) is 17.7 Å². The number of nitrogens with two attached hydrogens (primary N) is 5. The van der Waals surface area contributed by atoms with Crippen molar-refractivity contribution in [1.82, 2.24) is 52.1 Å². The highest BCUT2D eigenvalue weighted by Crippen LogP contribution is 2.20. The van der Waals surface area contributed by atoms with Crippen molar-refractivity contribution < 1.29 is 48.3 Å². The van der Waals surface area contributed by atoms with Gasteiger partial charge in [-0.3, -0.25) is 43.2 Å². The highest BCUT2D eigenvalue weighted by atomic mass is 16.3. The second-order valence-corrected chi connectivity index (χ2v) is 16.9. The summed E-state index contributed by atoms with van der Waals surface area (Å²) in [5.74, 6) is -6.52. The SMILES string of the molecule is C=C(NC(=O)[C@H](CCCCN)NC(=O)[C@H](Cc1cnc[nH]1)NC(=O)[C@@H]1CCCN1C(=O)/C(CCCN)=N/C(=O)CNC(=O)[C@H](C)NC(=O)C[C@@H](O)CN)C(=O)N[C@@H](CCCCN)C(=O)NCCCCN. The van der Waals surface area contributed by atoms with Crippen molar-refractivity contribution in [2.45, 2.75) is 133 Å². The molecule has 0 aromatic carbocycles. The van der Waals surface area contributed by atoms with E-state index in [1.165, 1.54) is 24.3 Å². The molecule has 0 spiro atoms. The Bertz CT molecular complexity index is 1920. The Kier molecular flexibility index (Phi) is 28.6. The fourth-order valence-corrected chi connectivity index (χ4v) is 7.13. The first kappa shape index (κ1) is 59.9. The second kappa shape index (κ2) is 33.4. The fourth-order valence-electron chi connectivity index (χ4n) is 7.13. The zero-order chi connectivity index (χ0) is 52.0. The van der Waals surface area contributed by atoms with Crippen LogP contribution >= 0.6 is 0 Å². The number of aromatic nitrogens is 2. The molecule has 2 rings (SSSR count). The number of likely N-dealkylation sites (tertiary alicyclic amines) is 1. The third-order valence-electron chi connectivity index (χ3n) is 11.1. The van der Waals surface area contributed by atoms with E-state index in [9.17, 15) is 48.3 Å². The van der Waals surface area contributed by atoms with Gasteiger partial charge in [-0.25, -0.2) is 9.98 Å². The molecule has 1 aromatic heterocycles. The van der Waals surface area contributed by atoms with E-state index in [0.29, 0.717) is 76.8 Å². The lowest BCUT2D eigenvalue weighted by Crippen LogP contribution is -2.57. The van der Waals surface area contributed by atoms with Crippen LogP contribution < -0.4 is 65.9 Å². The number of aliphatic hydroxyl groups is 1. The maximum Gasteiger partial charge on any atom is 0.269 e. The molecule has 1 aromatic rings. The minimum absolute atomic E-state index is 0.0390. The molecule has 70 heavy (non-hydrogen) atoms. The molecule has 0 radical (unpaired) electrons. The number of amides is 9. The number of H-pyrrole nitrogens is 1. The highest BCUT2D eigenvalue weighted by molar-refractivity contribution is 6.40. The van der Waals surface area contributed by atoms with Gasteiger partial charge in [0.1, 0.15) is 35.9 Å². The topological polar surface area (TPSA) is 432 Å². The summed E-state index contributed by atoms with van der Waals surface area (Å²) in [6.07, 6.45) is 5.80. The molecule has 26 heteroatoms. The summed E-state index contributed by atoms with van der Waals surface area (Å²) in [7, 11) is 0. The van der Waals surface area contributed by atoms with Crippen LogP contribution in [0.5, 0.6) is 0 Å². The number of carbonyl (C=O) groups excluding carboxylic acids is 9. The van der Waals surface area contributed by atoms with Crippen molar-refractivity contribution >= 4 is 58.9 Å². The van der Waals surface area contributed by atoms with Gasteiger partial charge < -0.3 is 80.9 Å². The third-order valence-corrected chi connectivity index (χ3v) is 11.1. The number of nitrogens with one attached hydrogen (secondary N) is 8. The van der Waals surface area contributed by atoms with Gasteiger partial charge >= 0.3 is 0 Å². The lowest BCUT2D eigenvalue weighted by molar-refractivity contribution is -0.136. The number of imidazole rings is 1. The minimum Gasteiger partial charge on any atom is -0.391 e. The Balaban J connectivity index is 2.25. The molecule has 2 heterocycles. The summed E-state index contributed by atoms with van der Waals surface area (Å²) in [5.41, 5.74) is 27.8. The standard InChI is InChI=1S/C44H76N16O10/c1-27(54-36(62)22-30(61)23-49)38(64)52-25-37(63)56-33(13-9-18-48)44(70)60-20-10-14-35(60)43(69)59-34(21-29-24-50-26-53-29)42(68)58-32(12-4-6-16-46)41(67)55-28(2)39(65)57-31(11-3-5-15-45)40(66)51-19-8-7-17-47/h24,26-27,30-32,34-35,61H,2-23,25,45-49H2,1H3,(H,50,53)(H,51,66)(H,52,64)(H,54,62)(H,55,67)(H,57,65)(H,58,68)(H,59,69)/b56-33+/t27-,30+,31-,32-,34-,35-/m0/s1. The summed E-state index contributed by atoms with van der Waals surface area (Å²) < 4.78 is 0. The van der Waals surface area contributed by atoms with Crippen molar-refractivity contribution in [2.24, 2.45) is 33.7 Å². The molecule has 19 N–H and O–H groups in total. The zero-order valence-corrected chi connectivity index (χ0v) is 40.2. The molecule has 6 atom stereocenters. The smallest absolute Gasteiger partial charge is 0.269 e. The summed E-state index contributed by atoms with van der Waals surface area (Å²) in [4.78, 5) is 132. The molecule has 26 nitrogen and oxygen atoms in total. The monoisotopic (exact) mass is 989 g/mol. The number of hydrogen-bond donors (Lipinski definition) is 14. The summed E-state index contributed by atoms with van der Waals surface area (Å²) in [5, 5.41) is 27.6. The van der Waals surface area contributed by atoms with E-state index in [-0.39, 0.29) is 76.0 Å². The van der Waals surface area contributed by atoms with Gasteiger partial charge in [-0.15, -0.1) is 0 Å². The van der Waals surface area contributed by atoms with Crippen LogP contribution in [0.25, 0.3) is 0 Å². The summed E-state index contributed by atoms with van der Waals surface area (Å²) in [6, 6.07) is -5.71. The average molecular weight is 989 g/mol. The first-order valence-electron chi connectivity index (χ1n) is 23.8. The number of rotatable bonds is 34. The van der Waals surface area contributed by atoms with E-state index in [4.69, 9.17) is 28.7 Å². The lowest BCUT2D eigenvalue weighted by atomic mass is 10.1. The van der Waals surface area contributed by atoms with Gasteiger partial charge in [-0.05, 0) is 110 Å². The summed E-state index contributed by atoms with van der Waals surface area (Å²) >= 11 is 0. The van der Waals surface area contributed by atoms with Crippen LogP contribution in [0.4, 0.5) is 0 Å². The number of nitrogens with zero attached hydrogens (tertiary/aromatic N) is 3. The first-order valence-corrected chi connectivity index (χ1v) is 23.8. The Morgan fingerprint density at radius 3 is 2.06 bits per heavy atom. The lowest BCUT2D eigenvalue weighted by Gasteiger charge is -2.28. The van der Waals surface area contributed by atoms with Crippen LogP contribution in [0.1, 0.15) is 96.1 Å². The molecule has 0 unspecified atom stereocenters. The molecule has 1 aliphatic rings. The van der Waals surface area contributed by atoms with Gasteiger partial charge in [0.15, 0.2) is 0 Å². The van der Waals surface area contributed by atoms with Crippen molar-refractivity contribution in [3.05, 3.63) is 30.5 Å². The van der Waals surface area contributed by atoms with Crippen LogP contribution in [-0.2, 0) is 49.6 Å². The molecule has 0 saturated carbocycles. The number of aromatic amines is 1. The molecule has 0 aliphatic carbocycles. The van der Waals surface area contributed by atoms with Crippen LogP contribution in [0.15, 0.2) is 29.8 Å². The number of aliphatic hydroxyl groups excluding tert-OH is 1. The maximum absolute atomic E-state index is 14.1. The number of unbranched alkanes of at least 4 members (excludes halogenated alkanes) is 3. The third kappa shape index (κ3) is 22.1. The molecule has 1 aliphatic heterocycles. The Labute approximate surface area is 408 Å². The molecular formula is C44H76N16O10. The van der Waals surface area contributed by atoms with E-state index in [2.05, 4.69) is 58.8 Å². The van der Waals surface area contributed by atoms with Gasteiger partial charge in [0.05, 0.1) is 31.1 Å². The predicted octanol–water partition coefficient (Wildman–Crippen LogP) is -4.82. The fraction of sp³-hybridized carbons (Fsp3) is 0.659. The van der Waals surface area contributed by atoms with Crippen molar-refractivity contribution in [3.63, 3.8) is 0 Å². The molecule has 392 valence electrons. The normalized spacial score (nSPS) is 15.6. The van der Waals surface area contributed by atoms with Gasteiger partial charge in [-0.2, -0.15) is 0 Å². The quantitative estimate of drug-likeness (QED) is 0.0175. The van der Waals surface area contributed by atoms with Crippen LogP contribution in [0.3, 0.4) is 0 Å². The zero-order valence-electron chi connectivity index (χ0n) is 40.2. The predicted molar refractivity (Wildman–Crippen MR) is 258 cm³/mol. The van der Waals surface area contributed by atoms with E-state index < -0.39 is 96.0 Å². The summed E-state index contributed by atoms with van der Waals surface area (Å²) in [6.45, 7) is 6.03. The van der Waals surface area contributed by atoms with Crippen molar-refractivity contribution in [3.8, 4) is 0 Å². The first-order chi connectivity index (χ1) is 33.5. The van der Waals surface area contributed by atoms with Crippen molar-refractivity contribution in [1.29, 1.82) is 0 Å². The molecule has 1 fully saturated rings. The minimum atomic E-state index is -1.33. The van der Waals surface area contributed by atoms with E-state index in [1.54, 1.807) is 0 Å². The number of carbonyl (C=O) groups is 9. The number of hydrogen-bond acceptors (Lipinski definition) is 16. The Hall–Kier alpha value is -6.19. The highest BCUT2D eigenvalue weighted by Gasteiger charge is 2.38. The van der Waals surface area contributed by atoms with Crippen molar-refractivity contribution in [2.75, 3.05) is 52.4 Å². The van der Waals surface area contributed by atoms with E-state index >= 15 is 0 Å². The molecule has 9 amide bonds. The Morgan fingerprint density at radius 2 is 1.44 bits per heavy atom. The van der Waals surface area contributed by atoms with Crippen LogP contribution in [0.2, 0.25) is 0 Å². The van der Waals surface area contributed by atoms with Gasteiger partial charge in [0, 0.05) is 37.9 Å². The second-order valence-electron chi connectivity index (χ2n) is 16.9. The average Bonchev–Trinajstić information content (AvgIpc) is 4.05. The van der Waals surface area contributed by atoms with E-state index in [1.807, 2.05) is 0 Å². The molecule has 1 saturated heterocycles. The van der Waals surface area contributed by atoms with E-state index in [0.717, 1.165) is 0 Å². The van der Waals surface area contributed by atoms with Crippen LogP contribution in [-0.4, -0.2) is 168 Å². The van der Waals surface area contributed by atoms with Gasteiger partial charge in [0.2, 0.25) is 35.4 Å².